The van der Waals surface area contributed by atoms with E-state index in [1.165, 1.54) is 21.0 Å². The van der Waals surface area contributed by atoms with Gasteiger partial charge < -0.3 is 14.3 Å². The second-order valence-electron chi connectivity index (χ2n) is 7.11. The van der Waals surface area contributed by atoms with Crippen molar-refractivity contribution in [1.29, 1.82) is 0 Å². The lowest BCUT2D eigenvalue weighted by atomic mass is 9.70. The number of hydrogen-bond acceptors (Lipinski definition) is 7. The van der Waals surface area contributed by atoms with Gasteiger partial charge in [0, 0.05) is 22.8 Å². The Morgan fingerprint density at radius 3 is 2.39 bits per heavy atom. The van der Waals surface area contributed by atoms with Crippen molar-refractivity contribution in [3.05, 3.63) is 39.9 Å². The van der Waals surface area contributed by atoms with Gasteiger partial charge in [-0.05, 0) is 33.3 Å². The molecule has 8 heteroatoms. The Bertz CT molecular complexity index is 791. The quantitative estimate of drug-likeness (QED) is 0.290. The van der Waals surface area contributed by atoms with E-state index in [1.807, 2.05) is 0 Å². The first-order chi connectivity index (χ1) is 13.2. The standard InChI is InChI=1S/C20H25NO7/c1-5-28-19(24)20(13(3)23)11-14(10-12(2)22)18(21(25)26)17(20)15-8-6-7-9-16(15)27-4/h6-9,14,17-18H,5,10-11H2,1-4H3/t14-,17+,18-,20+/m1/s1. The van der Waals surface area contributed by atoms with E-state index in [1.54, 1.807) is 31.2 Å². The summed E-state index contributed by atoms with van der Waals surface area (Å²) in [7, 11) is 1.42. The fraction of sp³-hybridized carbons (Fsp3) is 0.550. The lowest BCUT2D eigenvalue weighted by Crippen LogP contribution is -2.44. The molecule has 0 unspecified atom stereocenters. The molecule has 0 aromatic heterocycles. The average Bonchev–Trinajstić information content (AvgIpc) is 2.97. The zero-order valence-corrected chi connectivity index (χ0v) is 16.5. The highest BCUT2D eigenvalue weighted by molar-refractivity contribution is 6.04. The predicted molar refractivity (Wildman–Crippen MR) is 99.7 cm³/mol. The molecule has 1 saturated carbocycles. The maximum absolute atomic E-state index is 13.0. The Balaban J connectivity index is 2.78. The van der Waals surface area contributed by atoms with Crippen molar-refractivity contribution >= 4 is 17.5 Å². The molecule has 0 aliphatic heterocycles. The van der Waals surface area contributed by atoms with Crippen LogP contribution in [0, 0.1) is 21.4 Å². The second-order valence-corrected chi connectivity index (χ2v) is 7.11. The molecule has 0 amide bonds. The van der Waals surface area contributed by atoms with E-state index >= 15 is 0 Å². The number of nitrogens with zero attached hydrogens (tertiary/aromatic N) is 1. The van der Waals surface area contributed by atoms with Gasteiger partial charge in [0.15, 0.2) is 0 Å². The first kappa shape index (κ1) is 21.5. The summed E-state index contributed by atoms with van der Waals surface area (Å²) >= 11 is 0. The number of Topliss-reactive ketones (excluding diaryl/α,β-unsaturated/α-hetero) is 2. The lowest BCUT2D eigenvalue weighted by Gasteiger charge is -2.31. The van der Waals surface area contributed by atoms with Gasteiger partial charge in [-0.15, -0.1) is 0 Å². The van der Waals surface area contributed by atoms with Crippen LogP contribution >= 0.6 is 0 Å². The maximum Gasteiger partial charge on any atom is 0.320 e. The number of ketones is 2. The second kappa shape index (κ2) is 8.50. The fourth-order valence-corrected chi connectivity index (χ4v) is 4.43. The molecule has 152 valence electrons. The summed E-state index contributed by atoms with van der Waals surface area (Å²) in [6.07, 6.45) is -0.208. The molecule has 0 saturated heterocycles. The van der Waals surface area contributed by atoms with Crippen molar-refractivity contribution in [3.63, 3.8) is 0 Å². The normalized spacial score (nSPS) is 26.5. The number of nitro groups is 1. The molecule has 28 heavy (non-hydrogen) atoms. The third-order valence-corrected chi connectivity index (χ3v) is 5.47. The molecule has 2 rings (SSSR count). The molecule has 1 fully saturated rings. The maximum atomic E-state index is 13.0. The topological polar surface area (TPSA) is 113 Å². The summed E-state index contributed by atoms with van der Waals surface area (Å²) < 4.78 is 10.6. The number of rotatable bonds is 8. The van der Waals surface area contributed by atoms with Crippen LogP contribution < -0.4 is 4.74 Å². The fourth-order valence-electron chi connectivity index (χ4n) is 4.43. The predicted octanol–water partition coefficient (Wildman–Crippen LogP) is 2.56. The molecule has 0 heterocycles. The van der Waals surface area contributed by atoms with Gasteiger partial charge in [-0.1, -0.05) is 18.2 Å². The molecule has 0 N–H and O–H groups in total. The van der Waals surface area contributed by atoms with Crippen LogP contribution in [0.15, 0.2) is 24.3 Å². The summed E-state index contributed by atoms with van der Waals surface area (Å²) in [4.78, 5) is 49.1. The lowest BCUT2D eigenvalue weighted by molar-refractivity contribution is -0.532. The van der Waals surface area contributed by atoms with E-state index in [0.717, 1.165) is 0 Å². The minimum atomic E-state index is -1.75. The average molecular weight is 391 g/mol. The minimum Gasteiger partial charge on any atom is -0.496 e. The number of ether oxygens (including phenoxy) is 2. The Morgan fingerprint density at radius 1 is 1.25 bits per heavy atom. The van der Waals surface area contributed by atoms with Gasteiger partial charge in [-0.25, -0.2) is 0 Å². The molecule has 1 aromatic rings. The van der Waals surface area contributed by atoms with Crippen molar-refractivity contribution in [1.82, 2.24) is 0 Å². The molecule has 1 aliphatic carbocycles. The number of benzene rings is 1. The van der Waals surface area contributed by atoms with Crippen LogP contribution in [-0.2, 0) is 19.1 Å². The van der Waals surface area contributed by atoms with Crippen LogP contribution in [-0.4, -0.2) is 42.2 Å². The SMILES string of the molecule is CCOC(=O)[C@]1(C(C)=O)C[C@@H](CC(C)=O)[C@@H]([N+](=O)[O-])[C@@H]1c1ccccc1OC. The minimum absolute atomic E-state index is 0.0347. The molecule has 1 aromatic carbocycles. The van der Waals surface area contributed by atoms with Gasteiger partial charge in [0.1, 0.15) is 22.7 Å². The molecule has 8 nitrogen and oxygen atoms in total. The molecular weight excluding hydrogens is 366 g/mol. The number of hydrogen-bond donors (Lipinski definition) is 0. The van der Waals surface area contributed by atoms with Crippen molar-refractivity contribution in [3.8, 4) is 5.75 Å². The molecular formula is C20H25NO7. The van der Waals surface area contributed by atoms with Crippen molar-refractivity contribution < 1.29 is 28.8 Å². The highest BCUT2D eigenvalue weighted by Gasteiger charge is 2.67. The molecule has 0 bridgehead atoms. The highest BCUT2D eigenvalue weighted by atomic mass is 16.6. The van der Waals surface area contributed by atoms with E-state index in [0.29, 0.717) is 11.3 Å². The summed E-state index contributed by atoms with van der Waals surface area (Å²) in [5.41, 5.74) is -1.36. The van der Waals surface area contributed by atoms with Crippen molar-refractivity contribution in [2.24, 2.45) is 11.3 Å². The Morgan fingerprint density at radius 2 is 1.89 bits per heavy atom. The molecule has 4 atom stereocenters. The highest BCUT2D eigenvalue weighted by Crippen LogP contribution is 2.57. The summed E-state index contributed by atoms with van der Waals surface area (Å²) in [5, 5.41) is 12.1. The van der Waals surface area contributed by atoms with Gasteiger partial charge >= 0.3 is 5.97 Å². The molecule has 1 aliphatic rings. The van der Waals surface area contributed by atoms with Gasteiger partial charge in [0.2, 0.25) is 6.04 Å². The third-order valence-electron chi connectivity index (χ3n) is 5.47. The number of carbonyl (C=O) groups is 3. The first-order valence-electron chi connectivity index (χ1n) is 9.14. The Hall–Kier alpha value is -2.77. The van der Waals surface area contributed by atoms with E-state index in [4.69, 9.17) is 9.47 Å². The van der Waals surface area contributed by atoms with E-state index in [9.17, 15) is 24.5 Å². The third kappa shape index (κ3) is 3.63. The largest absolute Gasteiger partial charge is 0.496 e. The van der Waals surface area contributed by atoms with Crippen molar-refractivity contribution in [2.75, 3.05) is 13.7 Å². The zero-order chi connectivity index (χ0) is 21.1. The van der Waals surface area contributed by atoms with E-state index in [2.05, 4.69) is 0 Å². The Labute approximate surface area is 163 Å². The number of carbonyl (C=O) groups excluding carboxylic acids is 3. The Kier molecular flexibility index (Phi) is 6.53. The van der Waals surface area contributed by atoms with Gasteiger partial charge in [-0.2, -0.15) is 0 Å². The molecule has 0 spiro atoms. The first-order valence-corrected chi connectivity index (χ1v) is 9.14. The van der Waals surface area contributed by atoms with Gasteiger partial charge in [0.25, 0.3) is 0 Å². The van der Waals surface area contributed by atoms with E-state index < -0.39 is 40.0 Å². The van der Waals surface area contributed by atoms with E-state index in [-0.39, 0.29) is 25.2 Å². The number of para-hydroxylation sites is 1. The zero-order valence-electron chi connectivity index (χ0n) is 16.5. The van der Waals surface area contributed by atoms with Gasteiger partial charge in [-0.3, -0.25) is 19.7 Å². The van der Waals surface area contributed by atoms with Crippen LogP contribution in [0.5, 0.6) is 5.75 Å². The number of methoxy groups -OCH3 is 1. The van der Waals surface area contributed by atoms with Crippen LogP contribution in [0.3, 0.4) is 0 Å². The van der Waals surface area contributed by atoms with Crippen LogP contribution in [0.1, 0.15) is 45.1 Å². The van der Waals surface area contributed by atoms with Crippen LogP contribution in [0.25, 0.3) is 0 Å². The van der Waals surface area contributed by atoms with Crippen LogP contribution in [0.2, 0.25) is 0 Å². The van der Waals surface area contributed by atoms with Crippen LogP contribution in [0.4, 0.5) is 0 Å². The number of esters is 1. The summed E-state index contributed by atoms with van der Waals surface area (Å²) in [6, 6.07) is 5.32. The molecule has 0 radical (unpaired) electrons. The monoisotopic (exact) mass is 391 g/mol. The smallest absolute Gasteiger partial charge is 0.320 e. The summed E-state index contributed by atoms with van der Waals surface area (Å²) in [5.74, 6) is -3.07. The summed E-state index contributed by atoms with van der Waals surface area (Å²) in [6.45, 7) is 4.23. The van der Waals surface area contributed by atoms with Gasteiger partial charge in [0.05, 0.1) is 19.6 Å². The van der Waals surface area contributed by atoms with Crippen molar-refractivity contribution in [2.45, 2.75) is 45.6 Å².